The molecule has 3 aromatic rings. The van der Waals surface area contributed by atoms with Gasteiger partial charge in [-0.25, -0.2) is 0 Å². The summed E-state index contributed by atoms with van der Waals surface area (Å²) in [6.45, 7) is 5.78. The maximum atomic E-state index is 13.5. The number of benzene rings is 3. The van der Waals surface area contributed by atoms with Crippen molar-refractivity contribution in [1.29, 1.82) is 0 Å². The van der Waals surface area contributed by atoms with Gasteiger partial charge in [0.25, 0.3) is 0 Å². The molecule has 0 saturated heterocycles. The summed E-state index contributed by atoms with van der Waals surface area (Å²) in [5.74, 6) is 1.89. The number of fused-ring (bicyclic) bond motifs is 2. The Morgan fingerprint density at radius 2 is 1.81 bits per heavy atom. The van der Waals surface area contributed by atoms with Crippen LogP contribution in [0.4, 0.5) is 5.69 Å². The molecule has 0 spiro atoms. The minimum atomic E-state index is -0.331. The van der Waals surface area contributed by atoms with Crippen LogP contribution in [-0.2, 0) is 29.0 Å². The van der Waals surface area contributed by atoms with Crippen LogP contribution in [0.5, 0.6) is 17.2 Å². The largest absolute Gasteiger partial charge is 0.488 e. The summed E-state index contributed by atoms with van der Waals surface area (Å²) in [6.07, 6.45) is 0.125. The lowest BCUT2D eigenvalue weighted by Crippen LogP contribution is -2.47. The number of likely N-dealkylation sites (N-methyl/N-ethyl adjacent to an activating group) is 1. The number of carbonyl (C=O) groups is 2. The molecule has 0 radical (unpaired) electrons. The quantitative estimate of drug-likeness (QED) is 0.401. The third-order valence-corrected chi connectivity index (χ3v) is 7.79. The summed E-state index contributed by atoms with van der Waals surface area (Å²) < 4.78 is 17.6. The first kappa shape index (κ1) is 29.4. The van der Waals surface area contributed by atoms with E-state index in [-0.39, 0.29) is 56.1 Å². The maximum absolute atomic E-state index is 13.5. The van der Waals surface area contributed by atoms with Crippen LogP contribution in [0.25, 0.3) is 0 Å². The zero-order valence-electron chi connectivity index (χ0n) is 24.4. The Labute approximate surface area is 247 Å². The number of aliphatic hydroxyl groups excluding tert-OH is 1. The number of nitrogens with one attached hydrogen (secondary N) is 1. The second-order valence-corrected chi connectivity index (χ2v) is 11.3. The lowest BCUT2D eigenvalue weighted by atomic mass is 10.0. The molecule has 0 unspecified atom stereocenters. The number of hydrogen-bond donors (Lipinski definition) is 2. The van der Waals surface area contributed by atoms with Crippen LogP contribution in [0.2, 0.25) is 0 Å². The molecule has 2 amide bonds. The second-order valence-electron chi connectivity index (χ2n) is 11.3. The number of amides is 2. The van der Waals surface area contributed by atoms with Gasteiger partial charge in [0, 0.05) is 36.8 Å². The topological polar surface area (TPSA) is 101 Å². The fourth-order valence-electron chi connectivity index (χ4n) is 5.43. The SMILES string of the molecule is C[C@H]1CN([C@@H](C)CO)C(=O)Cc2cc(NC(=O)Cc3ccccc3)ccc2O[C@@H]1CN(C)Cc1ccc2c(c1)OCO2. The molecule has 0 aliphatic carbocycles. The van der Waals surface area contributed by atoms with Gasteiger partial charge >= 0.3 is 0 Å². The van der Waals surface area contributed by atoms with Crippen molar-refractivity contribution in [3.8, 4) is 17.2 Å². The zero-order chi connectivity index (χ0) is 29.6. The Hall–Kier alpha value is -4.08. The van der Waals surface area contributed by atoms with Crippen LogP contribution in [0.15, 0.2) is 66.7 Å². The van der Waals surface area contributed by atoms with Gasteiger partial charge in [0.05, 0.1) is 25.5 Å². The maximum Gasteiger partial charge on any atom is 0.231 e. The number of ether oxygens (including phenoxy) is 3. The van der Waals surface area contributed by atoms with Crippen molar-refractivity contribution < 1.29 is 28.9 Å². The summed E-state index contributed by atoms with van der Waals surface area (Å²) in [4.78, 5) is 30.2. The lowest BCUT2D eigenvalue weighted by molar-refractivity contribution is -0.134. The lowest BCUT2D eigenvalue weighted by Gasteiger charge is -2.34. The molecule has 9 heteroatoms. The molecule has 2 aliphatic heterocycles. The summed E-state index contributed by atoms with van der Waals surface area (Å²) in [5, 5.41) is 12.9. The number of carbonyl (C=O) groups excluding carboxylic acids is 2. The van der Waals surface area contributed by atoms with Crippen LogP contribution in [0, 0.1) is 5.92 Å². The van der Waals surface area contributed by atoms with Crippen molar-refractivity contribution in [3.05, 3.63) is 83.4 Å². The summed E-state index contributed by atoms with van der Waals surface area (Å²) in [6, 6.07) is 20.7. The second kappa shape index (κ2) is 13.3. The van der Waals surface area contributed by atoms with Gasteiger partial charge in [0.2, 0.25) is 18.6 Å². The normalized spacial score (nSPS) is 18.9. The van der Waals surface area contributed by atoms with Crippen LogP contribution in [0.1, 0.15) is 30.5 Å². The Morgan fingerprint density at radius 3 is 2.60 bits per heavy atom. The van der Waals surface area contributed by atoms with Crippen LogP contribution in [0.3, 0.4) is 0 Å². The Bertz CT molecular complexity index is 1400. The third-order valence-electron chi connectivity index (χ3n) is 7.79. The van der Waals surface area contributed by atoms with E-state index in [0.717, 1.165) is 22.6 Å². The highest BCUT2D eigenvalue weighted by atomic mass is 16.7. The van der Waals surface area contributed by atoms with Gasteiger partial charge in [0.1, 0.15) is 11.9 Å². The smallest absolute Gasteiger partial charge is 0.231 e. The molecule has 222 valence electrons. The molecular formula is C33H39N3O6. The average Bonchev–Trinajstić information content (AvgIpc) is 3.45. The van der Waals surface area contributed by atoms with E-state index in [1.165, 1.54) is 0 Å². The number of anilines is 1. The van der Waals surface area contributed by atoms with E-state index in [2.05, 4.69) is 17.1 Å². The van der Waals surface area contributed by atoms with E-state index in [1.54, 1.807) is 4.90 Å². The van der Waals surface area contributed by atoms with E-state index in [4.69, 9.17) is 14.2 Å². The fourth-order valence-corrected chi connectivity index (χ4v) is 5.43. The zero-order valence-corrected chi connectivity index (χ0v) is 24.4. The van der Waals surface area contributed by atoms with E-state index >= 15 is 0 Å². The highest BCUT2D eigenvalue weighted by molar-refractivity contribution is 5.92. The number of rotatable bonds is 9. The Kier molecular flexibility index (Phi) is 9.29. The molecule has 0 fully saturated rings. The standard InChI is InChI=1S/C33H39N3O6/c1-22-17-36(23(2)20-37)33(39)16-26-15-27(34-32(38)14-24-7-5-4-6-8-24)10-12-28(26)42-31(22)19-35(3)18-25-9-11-29-30(13-25)41-21-40-29/h4-13,15,22-23,31,37H,14,16-21H2,1-3H3,(H,34,38)/t22-,23-,31+/m0/s1. The highest BCUT2D eigenvalue weighted by Gasteiger charge is 2.31. The Morgan fingerprint density at radius 1 is 1.05 bits per heavy atom. The van der Waals surface area contributed by atoms with Gasteiger partial charge in [-0.05, 0) is 55.4 Å². The first-order chi connectivity index (χ1) is 20.3. The fraction of sp³-hybridized carbons (Fsp3) is 0.394. The first-order valence-corrected chi connectivity index (χ1v) is 14.4. The van der Waals surface area contributed by atoms with E-state index in [0.29, 0.717) is 36.6 Å². The van der Waals surface area contributed by atoms with Crippen molar-refractivity contribution in [2.45, 2.75) is 45.4 Å². The summed E-state index contributed by atoms with van der Waals surface area (Å²) >= 11 is 0. The van der Waals surface area contributed by atoms with Gasteiger partial charge < -0.3 is 29.5 Å². The number of aliphatic hydroxyl groups is 1. The van der Waals surface area contributed by atoms with Gasteiger partial charge in [-0.3, -0.25) is 14.5 Å². The van der Waals surface area contributed by atoms with Crippen molar-refractivity contribution in [2.24, 2.45) is 5.92 Å². The van der Waals surface area contributed by atoms with Crippen LogP contribution >= 0.6 is 0 Å². The molecule has 42 heavy (non-hydrogen) atoms. The van der Waals surface area contributed by atoms with Gasteiger partial charge in [-0.2, -0.15) is 0 Å². The van der Waals surface area contributed by atoms with Gasteiger partial charge in [0.15, 0.2) is 11.5 Å². The van der Waals surface area contributed by atoms with Crippen molar-refractivity contribution in [3.63, 3.8) is 0 Å². The molecular weight excluding hydrogens is 534 g/mol. The van der Waals surface area contributed by atoms with Crippen LogP contribution < -0.4 is 19.5 Å². The average molecular weight is 574 g/mol. The third kappa shape index (κ3) is 7.21. The monoisotopic (exact) mass is 573 g/mol. The number of nitrogens with zero attached hydrogens (tertiary/aromatic N) is 2. The van der Waals surface area contributed by atoms with Gasteiger partial charge in [-0.1, -0.05) is 43.3 Å². The van der Waals surface area contributed by atoms with Crippen molar-refractivity contribution >= 4 is 17.5 Å². The molecule has 0 saturated carbocycles. The van der Waals surface area contributed by atoms with Gasteiger partial charge in [-0.15, -0.1) is 0 Å². The minimum absolute atomic E-state index is 0.0154. The molecule has 2 N–H and O–H groups in total. The molecule has 0 aromatic heterocycles. The summed E-state index contributed by atoms with van der Waals surface area (Å²) in [5.41, 5.74) is 3.33. The molecule has 3 aromatic carbocycles. The van der Waals surface area contributed by atoms with Crippen molar-refractivity contribution in [1.82, 2.24) is 9.80 Å². The van der Waals surface area contributed by atoms with E-state index in [9.17, 15) is 14.7 Å². The Balaban J connectivity index is 1.35. The predicted octanol–water partition coefficient (Wildman–Crippen LogP) is 3.88. The van der Waals surface area contributed by atoms with E-state index < -0.39 is 0 Å². The predicted molar refractivity (Wildman–Crippen MR) is 160 cm³/mol. The highest BCUT2D eigenvalue weighted by Crippen LogP contribution is 2.33. The molecule has 0 bridgehead atoms. The molecule has 2 aliphatic rings. The summed E-state index contributed by atoms with van der Waals surface area (Å²) in [7, 11) is 2.04. The number of hydrogen-bond acceptors (Lipinski definition) is 7. The van der Waals surface area contributed by atoms with Crippen LogP contribution in [-0.4, -0.2) is 72.4 Å². The molecule has 2 heterocycles. The van der Waals surface area contributed by atoms with E-state index in [1.807, 2.05) is 80.7 Å². The van der Waals surface area contributed by atoms with Crippen molar-refractivity contribution in [2.75, 3.05) is 38.9 Å². The first-order valence-electron chi connectivity index (χ1n) is 14.4. The molecule has 5 rings (SSSR count). The molecule has 9 nitrogen and oxygen atoms in total. The minimum Gasteiger partial charge on any atom is -0.488 e. The molecule has 3 atom stereocenters.